The molecule has 2 N–H and O–H groups in total. The monoisotopic (exact) mass is 392 g/mol. The number of hydrogen-bond acceptors (Lipinski definition) is 2. The highest BCUT2D eigenvalue weighted by Gasteiger charge is 2.17. The van der Waals surface area contributed by atoms with Gasteiger partial charge in [0, 0.05) is 64.9 Å². The van der Waals surface area contributed by atoms with Crippen molar-refractivity contribution in [2.24, 2.45) is 0 Å². The van der Waals surface area contributed by atoms with Gasteiger partial charge in [-0.15, -0.1) is 0 Å². The third-order valence-corrected chi connectivity index (χ3v) is 5.90. The standard InChI is InChI=1S/C25H20N4O/c30-18-6-7-23-20(12-18)25-22-15-27-14-21(22)19(17-4-2-1-3-5-17)13-24(25)29(23)11-10-28-9-8-26-16-28/h1-9,12-16,27,30H,10-11H2. The molecule has 3 aromatic heterocycles. The molecule has 5 nitrogen and oxygen atoms in total. The first-order valence-electron chi connectivity index (χ1n) is 10.1. The highest BCUT2D eigenvalue weighted by atomic mass is 16.3. The molecule has 0 bridgehead atoms. The van der Waals surface area contributed by atoms with Crippen LogP contribution in [0.15, 0.2) is 85.7 Å². The third-order valence-electron chi connectivity index (χ3n) is 5.90. The number of aromatic amines is 1. The number of H-pyrrole nitrogens is 1. The maximum atomic E-state index is 10.2. The van der Waals surface area contributed by atoms with Crippen LogP contribution in [0, 0.1) is 0 Å². The SMILES string of the molecule is Oc1ccc2c(c1)c1c3c[nH]cc3c(-c3ccccc3)cc1n2CCn1ccnc1. The zero-order chi connectivity index (χ0) is 20.1. The molecule has 0 spiro atoms. The van der Waals surface area contributed by atoms with E-state index >= 15 is 0 Å². The summed E-state index contributed by atoms with van der Waals surface area (Å²) < 4.78 is 4.44. The number of rotatable bonds is 4. The molecule has 0 aliphatic heterocycles. The molecular weight excluding hydrogens is 372 g/mol. The first-order valence-corrected chi connectivity index (χ1v) is 10.1. The van der Waals surface area contributed by atoms with E-state index in [9.17, 15) is 5.11 Å². The lowest BCUT2D eigenvalue weighted by molar-refractivity contribution is 0.476. The smallest absolute Gasteiger partial charge is 0.116 e. The average molecular weight is 392 g/mol. The molecule has 3 heterocycles. The van der Waals surface area contributed by atoms with Gasteiger partial charge in [0.15, 0.2) is 0 Å². The minimum atomic E-state index is 0.284. The molecule has 5 heteroatoms. The molecule has 0 saturated carbocycles. The maximum absolute atomic E-state index is 10.2. The van der Waals surface area contributed by atoms with Crippen molar-refractivity contribution in [3.8, 4) is 16.9 Å². The Labute approximate surface area is 172 Å². The van der Waals surface area contributed by atoms with E-state index in [1.165, 1.54) is 32.8 Å². The second-order valence-corrected chi connectivity index (χ2v) is 7.62. The van der Waals surface area contributed by atoms with Crippen LogP contribution in [-0.2, 0) is 13.1 Å². The van der Waals surface area contributed by atoms with Crippen LogP contribution in [0.1, 0.15) is 0 Å². The largest absolute Gasteiger partial charge is 0.508 e. The van der Waals surface area contributed by atoms with Crippen LogP contribution in [0.3, 0.4) is 0 Å². The van der Waals surface area contributed by atoms with E-state index < -0.39 is 0 Å². The molecule has 0 amide bonds. The van der Waals surface area contributed by atoms with E-state index in [2.05, 4.69) is 61.8 Å². The van der Waals surface area contributed by atoms with Gasteiger partial charge in [0.05, 0.1) is 11.8 Å². The Morgan fingerprint density at radius 3 is 2.57 bits per heavy atom. The Balaban J connectivity index is 1.68. The summed E-state index contributed by atoms with van der Waals surface area (Å²) in [5, 5.41) is 14.8. The normalized spacial score (nSPS) is 11.7. The fraction of sp³-hybridized carbons (Fsp3) is 0.0800. The molecule has 0 atom stereocenters. The number of phenols is 1. The minimum Gasteiger partial charge on any atom is -0.508 e. The molecule has 6 aromatic rings. The van der Waals surface area contributed by atoms with Crippen LogP contribution in [0.5, 0.6) is 5.75 Å². The molecule has 30 heavy (non-hydrogen) atoms. The minimum absolute atomic E-state index is 0.284. The van der Waals surface area contributed by atoms with Gasteiger partial charge in [0.1, 0.15) is 5.75 Å². The number of imidazole rings is 1. The van der Waals surface area contributed by atoms with Gasteiger partial charge in [-0.1, -0.05) is 30.3 Å². The highest BCUT2D eigenvalue weighted by molar-refractivity contribution is 6.23. The maximum Gasteiger partial charge on any atom is 0.116 e. The summed E-state index contributed by atoms with van der Waals surface area (Å²) in [7, 11) is 0. The zero-order valence-corrected chi connectivity index (χ0v) is 16.3. The molecule has 0 aliphatic carbocycles. The van der Waals surface area contributed by atoms with Gasteiger partial charge < -0.3 is 19.2 Å². The van der Waals surface area contributed by atoms with E-state index in [4.69, 9.17) is 0 Å². The van der Waals surface area contributed by atoms with Gasteiger partial charge in [-0.2, -0.15) is 0 Å². The van der Waals surface area contributed by atoms with E-state index in [0.717, 1.165) is 24.0 Å². The number of aryl methyl sites for hydroxylation is 2. The second-order valence-electron chi connectivity index (χ2n) is 7.62. The number of benzene rings is 3. The molecule has 6 rings (SSSR count). The van der Waals surface area contributed by atoms with Gasteiger partial charge >= 0.3 is 0 Å². The van der Waals surface area contributed by atoms with Crippen LogP contribution < -0.4 is 0 Å². The number of aromatic hydroxyl groups is 1. The molecule has 146 valence electrons. The van der Waals surface area contributed by atoms with Crippen molar-refractivity contribution in [2.45, 2.75) is 13.1 Å². The lowest BCUT2D eigenvalue weighted by atomic mass is 9.97. The molecule has 0 aliphatic rings. The van der Waals surface area contributed by atoms with E-state index in [1.807, 2.05) is 30.7 Å². The molecule has 0 fully saturated rings. The summed E-state index contributed by atoms with van der Waals surface area (Å²) in [6.07, 6.45) is 9.77. The van der Waals surface area contributed by atoms with Crippen LogP contribution in [0.2, 0.25) is 0 Å². The van der Waals surface area contributed by atoms with Crippen LogP contribution in [-0.4, -0.2) is 24.2 Å². The van der Waals surface area contributed by atoms with Crippen molar-refractivity contribution >= 4 is 32.6 Å². The Kier molecular flexibility index (Phi) is 3.68. The Morgan fingerprint density at radius 1 is 0.867 bits per heavy atom. The first kappa shape index (κ1) is 16.9. The summed E-state index contributed by atoms with van der Waals surface area (Å²) in [5.74, 6) is 0.284. The second kappa shape index (κ2) is 6.52. The molecule has 0 unspecified atom stereocenters. The van der Waals surface area contributed by atoms with Crippen molar-refractivity contribution in [2.75, 3.05) is 0 Å². The van der Waals surface area contributed by atoms with Crippen molar-refractivity contribution in [3.05, 3.63) is 85.7 Å². The van der Waals surface area contributed by atoms with Crippen molar-refractivity contribution in [1.29, 1.82) is 0 Å². The highest BCUT2D eigenvalue weighted by Crippen LogP contribution is 2.40. The zero-order valence-electron chi connectivity index (χ0n) is 16.3. The van der Waals surface area contributed by atoms with Gasteiger partial charge in [0.2, 0.25) is 0 Å². The summed E-state index contributed by atoms with van der Waals surface area (Å²) in [5.41, 5.74) is 4.69. The van der Waals surface area contributed by atoms with E-state index in [-0.39, 0.29) is 5.75 Å². The molecule has 0 radical (unpaired) electrons. The van der Waals surface area contributed by atoms with Crippen LogP contribution >= 0.6 is 0 Å². The molecule has 0 saturated heterocycles. The fourth-order valence-corrected chi connectivity index (χ4v) is 4.54. The number of nitrogens with zero attached hydrogens (tertiary/aromatic N) is 3. The summed E-state index contributed by atoms with van der Waals surface area (Å²) in [6.45, 7) is 1.64. The Morgan fingerprint density at radius 2 is 1.73 bits per heavy atom. The molecule has 3 aromatic carbocycles. The van der Waals surface area contributed by atoms with Crippen LogP contribution in [0.4, 0.5) is 0 Å². The van der Waals surface area contributed by atoms with E-state index in [1.54, 1.807) is 12.3 Å². The van der Waals surface area contributed by atoms with Crippen molar-refractivity contribution in [3.63, 3.8) is 0 Å². The number of aromatic nitrogens is 4. The number of hydrogen-bond donors (Lipinski definition) is 2. The fourth-order valence-electron chi connectivity index (χ4n) is 4.54. The van der Waals surface area contributed by atoms with Gasteiger partial charge in [0.25, 0.3) is 0 Å². The summed E-state index contributed by atoms with van der Waals surface area (Å²) in [6, 6.07) is 18.4. The van der Waals surface area contributed by atoms with Crippen LogP contribution in [0.25, 0.3) is 43.7 Å². The number of phenolic OH excluding ortho intramolecular Hbond substituents is 1. The lowest BCUT2D eigenvalue weighted by Gasteiger charge is -2.10. The third kappa shape index (κ3) is 2.52. The lowest BCUT2D eigenvalue weighted by Crippen LogP contribution is -2.05. The predicted molar refractivity (Wildman–Crippen MR) is 121 cm³/mol. The Hall–Kier alpha value is -3.99. The van der Waals surface area contributed by atoms with Gasteiger partial charge in [-0.25, -0.2) is 4.98 Å². The van der Waals surface area contributed by atoms with Gasteiger partial charge in [-0.3, -0.25) is 0 Å². The Bertz CT molecular complexity index is 1490. The first-order chi connectivity index (χ1) is 14.8. The van der Waals surface area contributed by atoms with Gasteiger partial charge in [-0.05, 0) is 35.4 Å². The summed E-state index contributed by atoms with van der Waals surface area (Å²) in [4.78, 5) is 7.46. The number of nitrogens with one attached hydrogen (secondary N) is 1. The molecular formula is C25H20N4O. The van der Waals surface area contributed by atoms with E-state index in [0.29, 0.717) is 0 Å². The average Bonchev–Trinajstić information content (AvgIpc) is 3.51. The topological polar surface area (TPSA) is 58.8 Å². The van der Waals surface area contributed by atoms with Crippen molar-refractivity contribution < 1.29 is 5.11 Å². The summed E-state index contributed by atoms with van der Waals surface area (Å²) >= 11 is 0. The predicted octanol–water partition coefficient (Wildman–Crippen LogP) is 5.55. The number of fused-ring (bicyclic) bond motifs is 5. The quantitative estimate of drug-likeness (QED) is 0.413. The van der Waals surface area contributed by atoms with Crippen molar-refractivity contribution in [1.82, 2.24) is 19.1 Å².